The number of ether oxygens (including phenoxy) is 1. The summed E-state index contributed by atoms with van der Waals surface area (Å²) in [4.78, 5) is 13.7. The minimum atomic E-state index is -0.113. The van der Waals surface area contributed by atoms with Crippen molar-refractivity contribution in [2.75, 3.05) is 17.7 Å². The van der Waals surface area contributed by atoms with Crippen LogP contribution in [0.2, 0.25) is 0 Å². The summed E-state index contributed by atoms with van der Waals surface area (Å²) in [5.41, 5.74) is 1.28. The zero-order valence-corrected chi connectivity index (χ0v) is 15.8. The molecule has 2 heterocycles. The molecular weight excluding hydrogens is 334 g/mol. The highest BCUT2D eigenvalue weighted by atomic mass is 32.2. The Hall–Kier alpha value is -1.79. The highest BCUT2D eigenvalue weighted by Gasteiger charge is 2.19. The van der Waals surface area contributed by atoms with E-state index in [0.29, 0.717) is 17.4 Å². The van der Waals surface area contributed by atoms with Crippen molar-refractivity contribution in [3.8, 4) is 0 Å². The normalized spacial score (nSPS) is 17.6. The lowest BCUT2D eigenvalue weighted by atomic mass is 10.1. The zero-order chi connectivity index (χ0) is 17.9. The summed E-state index contributed by atoms with van der Waals surface area (Å²) in [6.07, 6.45) is 6.08. The molecule has 1 atom stereocenters. The number of carbonyl (C=O) groups excluding carboxylic acids is 1. The van der Waals surface area contributed by atoms with Gasteiger partial charge in [-0.3, -0.25) is 9.48 Å². The second-order valence-electron chi connectivity index (χ2n) is 7.24. The van der Waals surface area contributed by atoms with Crippen LogP contribution in [0.4, 0.5) is 5.69 Å². The topological polar surface area (TPSA) is 56.2 Å². The van der Waals surface area contributed by atoms with Gasteiger partial charge in [-0.15, -0.1) is 11.8 Å². The molecule has 6 heteroatoms. The Kier molecular flexibility index (Phi) is 5.49. The van der Waals surface area contributed by atoms with Gasteiger partial charge in [-0.25, -0.2) is 0 Å². The van der Waals surface area contributed by atoms with E-state index in [0.717, 1.165) is 30.1 Å². The van der Waals surface area contributed by atoms with Gasteiger partial charge in [-0.1, -0.05) is 12.1 Å². The minimum absolute atomic E-state index is 0.108. The molecule has 1 amide bonds. The SMILES string of the molecule is CC(C)(C)n1cc(NC(=O)c2ccccc2SC[C@@H]2CCCO2)cn1. The third-order valence-electron chi connectivity index (χ3n) is 4.11. The van der Waals surface area contributed by atoms with Crippen LogP contribution in [0.15, 0.2) is 41.6 Å². The van der Waals surface area contributed by atoms with Crippen molar-refractivity contribution in [1.82, 2.24) is 9.78 Å². The standard InChI is InChI=1S/C19H25N3O2S/c1-19(2,3)22-12-14(11-20-22)21-18(23)16-8-4-5-9-17(16)25-13-15-7-6-10-24-15/h4-5,8-9,11-12,15H,6-7,10,13H2,1-3H3,(H,21,23)/t15-/m0/s1. The summed E-state index contributed by atoms with van der Waals surface area (Å²) < 4.78 is 7.52. The summed E-state index contributed by atoms with van der Waals surface area (Å²) in [7, 11) is 0. The molecule has 134 valence electrons. The molecule has 0 saturated carbocycles. The highest BCUT2D eigenvalue weighted by Crippen LogP contribution is 2.27. The first-order chi connectivity index (χ1) is 11.9. The molecule has 1 aliphatic rings. The van der Waals surface area contributed by atoms with Crippen LogP contribution in [0.1, 0.15) is 44.0 Å². The van der Waals surface area contributed by atoms with E-state index in [1.807, 2.05) is 35.1 Å². The van der Waals surface area contributed by atoms with Crippen LogP contribution in [-0.4, -0.2) is 34.2 Å². The van der Waals surface area contributed by atoms with Crippen LogP contribution in [0.3, 0.4) is 0 Å². The average Bonchev–Trinajstić information content (AvgIpc) is 3.24. The summed E-state index contributed by atoms with van der Waals surface area (Å²) in [5.74, 6) is 0.774. The van der Waals surface area contributed by atoms with Gasteiger partial charge in [0, 0.05) is 23.5 Å². The number of thioether (sulfide) groups is 1. The van der Waals surface area contributed by atoms with E-state index in [9.17, 15) is 4.79 Å². The van der Waals surface area contributed by atoms with Crippen LogP contribution in [0.25, 0.3) is 0 Å². The van der Waals surface area contributed by atoms with E-state index in [-0.39, 0.29) is 11.4 Å². The summed E-state index contributed by atoms with van der Waals surface area (Å²) in [6, 6.07) is 7.71. The molecule has 1 aliphatic heterocycles. The fraction of sp³-hybridized carbons (Fsp3) is 0.474. The van der Waals surface area contributed by atoms with Crippen molar-refractivity contribution < 1.29 is 9.53 Å². The maximum absolute atomic E-state index is 12.7. The lowest BCUT2D eigenvalue weighted by molar-refractivity contribution is 0.102. The first kappa shape index (κ1) is 18.0. The molecule has 1 fully saturated rings. The van der Waals surface area contributed by atoms with Gasteiger partial charge < -0.3 is 10.1 Å². The van der Waals surface area contributed by atoms with Gasteiger partial charge >= 0.3 is 0 Å². The van der Waals surface area contributed by atoms with Crippen molar-refractivity contribution in [2.24, 2.45) is 0 Å². The molecule has 5 nitrogen and oxygen atoms in total. The average molecular weight is 359 g/mol. The third kappa shape index (κ3) is 4.64. The number of rotatable bonds is 5. The Morgan fingerprint density at radius 1 is 1.40 bits per heavy atom. The molecule has 2 aromatic rings. The minimum Gasteiger partial charge on any atom is -0.377 e. The Labute approximate surface area is 153 Å². The maximum atomic E-state index is 12.7. The Morgan fingerprint density at radius 2 is 2.20 bits per heavy atom. The van der Waals surface area contributed by atoms with Crippen LogP contribution in [-0.2, 0) is 10.3 Å². The lowest BCUT2D eigenvalue weighted by Crippen LogP contribution is -2.22. The number of nitrogens with one attached hydrogen (secondary N) is 1. The smallest absolute Gasteiger partial charge is 0.256 e. The molecule has 1 aromatic heterocycles. The second-order valence-corrected chi connectivity index (χ2v) is 8.30. The van der Waals surface area contributed by atoms with Crippen molar-refractivity contribution in [3.05, 3.63) is 42.2 Å². The Balaban J connectivity index is 1.68. The van der Waals surface area contributed by atoms with Gasteiger partial charge in [0.25, 0.3) is 5.91 Å². The van der Waals surface area contributed by atoms with Crippen LogP contribution < -0.4 is 5.32 Å². The number of nitrogens with zero attached hydrogens (tertiary/aromatic N) is 2. The molecular formula is C19H25N3O2S. The fourth-order valence-electron chi connectivity index (χ4n) is 2.69. The van der Waals surface area contributed by atoms with E-state index in [4.69, 9.17) is 4.74 Å². The number of hydrogen-bond acceptors (Lipinski definition) is 4. The number of benzene rings is 1. The van der Waals surface area contributed by atoms with E-state index in [1.54, 1.807) is 18.0 Å². The van der Waals surface area contributed by atoms with Gasteiger partial charge in [-0.05, 0) is 45.7 Å². The molecule has 0 aliphatic carbocycles. The Morgan fingerprint density at radius 3 is 2.88 bits per heavy atom. The number of amides is 1. The second kappa shape index (κ2) is 7.62. The van der Waals surface area contributed by atoms with Gasteiger partial charge in [0.1, 0.15) is 0 Å². The summed E-state index contributed by atoms with van der Waals surface area (Å²) >= 11 is 1.69. The van der Waals surface area contributed by atoms with Crippen molar-refractivity contribution in [3.63, 3.8) is 0 Å². The van der Waals surface area contributed by atoms with Crippen LogP contribution in [0.5, 0.6) is 0 Å². The molecule has 1 saturated heterocycles. The van der Waals surface area contributed by atoms with Crippen molar-refractivity contribution >= 4 is 23.4 Å². The zero-order valence-electron chi connectivity index (χ0n) is 15.0. The quantitative estimate of drug-likeness (QED) is 0.815. The van der Waals surface area contributed by atoms with Crippen molar-refractivity contribution in [1.29, 1.82) is 0 Å². The monoisotopic (exact) mass is 359 g/mol. The number of carbonyl (C=O) groups is 1. The molecule has 1 aromatic carbocycles. The molecule has 0 unspecified atom stereocenters. The van der Waals surface area contributed by atoms with Gasteiger partial charge in [-0.2, -0.15) is 5.10 Å². The number of aromatic nitrogens is 2. The molecule has 0 bridgehead atoms. The van der Waals surface area contributed by atoms with E-state index >= 15 is 0 Å². The Bertz CT molecular complexity index is 730. The highest BCUT2D eigenvalue weighted by molar-refractivity contribution is 7.99. The van der Waals surface area contributed by atoms with Gasteiger partial charge in [0.05, 0.1) is 29.1 Å². The fourth-order valence-corrected chi connectivity index (χ4v) is 3.81. The number of anilines is 1. The molecule has 3 rings (SSSR count). The third-order valence-corrected chi connectivity index (χ3v) is 5.31. The molecule has 25 heavy (non-hydrogen) atoms. The lowest BCUT2D eigenvalue weighted by Gasteiger charge is -2.18. The first-order valence-electron chi connectivity index (χ1n) is 8.63. The first-order valence-corrected chi connectivity index (χ1v) is 9.62. The molecule has 0 spiro atoms. The van der Waals surface area contributed by atoms with Gasteiger partial charge in [0.15, 0.2) is 0 Å². The van der Waals surface area contributed by atoms with E-state index in [2.05, 4.69) is 31.2 Å². The predicted octanol–water partition coefficient (Wildman–Crippen LogP) is 4.16. The van der Waals surface area contributed by atoms with Crippen LogP contribution >= 0.6 is 11.8 Å². The van der Waals surface area contributed by atoms with Crippen molar-refractivity contribution in [2.45, 2.75) is 50.2 Å². The number of hydrogen-bond donors (Lipinski definition) is 1. The molecule has 0 radical (unpaired) electrons. The van der Waals surface area contributed by atoms with Crippen LogP contribution in [0, 0.1) is 0 Å². The van der Waals surface area contributed by atoms with Gasteiger partial charge in [0.2, 0.25) is 0 Å². The largest absolute Gasteiger partial charge is 0.377 e. The maximum Gasteiger partial charge on any atom is 0.256 e. The van der Waals surface area contributed by atoms with E-state index in [1.165, 1.54) is 0 Å². The molecule has 1 N–H and O–H groups in total. The summed E-state index contributed by atoms with van der Waals surface area (Å²) in [6.45, 7) is 7.07. The van der Waals surface area contributed by atoms with E-state index < -0.39 is 0 Å². The summed E-state index contributed by atoms with van der Waals surface area (Å²) in [5, 5.41) is 7.28. The predicted molar refractivity (Wildman–Crippen MR) is 101 cm³/mol.